The fourth-order valence-electron chi connectivity index (χ4n) is 9.87. The van der Waals surface area contributed by atoms with E-state index in [9.17, 15) is 0 Å². The molecule has 4 heterocycles. The van der Waals surface area contributed by atoms with Crippen molar-refractivity contribution in [2.24, 2.45) is 0 Å². The van der Waals surface area contributed by atoms with Crippen LogP contribution in [-0.2, 0) is 0 Å². The minimum absolute atomic E-state index is 0.625. The SMILES string of the molecule is c1ccc(-c2ccc(-c3nc(-c4ccc5c(c4)sc4ccccc45)nc(-c4ccc5c(sc6ccccc65)c4-n4c5cc6ccccc6cc5c5cc6ccccc6cc54)n3)cc2)cc1. The van der Waals surface area contributed by atoms with E-state index in [1.54, 1.807) is 11.3 Å². The Morgan fingerprint density at radius 2 is 0.785 bits per heavy atom. The number of benzene rings is 10. The highest BCUT2D eigenvalue weighted by molar-refractivity contribution is 7.26. The molecule has 10 aromatic carbocycles. The molecule has 0 aliphatic rings. The largest absolute Gasteiger partial charge is 0.307 e. The van der Waals surface area contributed by atoms with E-state index in [1.165, 1.54) is 78.2 Å². The van der Waals surface area contributed by atoms with Crippen LogP contribution in [-0.4, -0.2) is 19.5 Å². The first-order valence-electron chi connectivity index (χ1n) is 21.8. The number of hydrogen-bond acceptors (Lipinski definition) is 5. The third kappa shape index (κ3) is 5.78. The molecule has 0 fully saturated rings. The molecular formula is C59H34N4S2. The van der Waals surface area contributed by atoms with Gasteiger partial charge in [-0.15, -0.1) is 22.7 Å². The summed E-state index contributed by atoms with van der Waals surface area (Å²) in [6.07, 6.45) is 0. The van der Waals surface area contributed by atoms with E-state index in [0.29, 0.717) is 17.5 Å². The monoisotopic (exact) mass is 862 g/mol. The number of aromatic nitrogens is 4. The fraction of sp³-hybridized carbons (Fsp3) is 0. The Bertz CT molecular complexity index is 4140. The average molecular weight is 863 g/mol. The molecule has 0 bridgehead atoms. The van der Waals surface area contributed by atoms with E-state index in [0.717, 1.165) is 39.0 Å². The molecule has 0 aliphatic heterocycles. The standard InChI is InChI=1S/C59H34N4S2/c1-2-12-35(13-3-1)36-22-24-37(25-23-36)57-60-58(42-26-27-45-43-18-8-10-20-52(43)64-54(45)34-42)62-59(61-57)47-29-28-46-44-19-9-11-21-53(44)65-56(46)55(47)63-50-32-40-16-6-4-14-38(40)30-48(50)49-31-39-15-5-7-17-41(39)33-51(49)63/h1-34H. The third-order valence-electron chi connectivity index (χ3n) is 13.0. The van der Waals surface area contributed by atoms with Gasteiger partial charge in [-0.05, 0) is 81.2 Å². The van der Waals surface area contributed by atoms with Crippen LogP contribution in [0.4, 0.5) is 0 Å². The van der Waals surface area contributed by atoms with Gasteiger partial charge in [0.15, 0.2) is 17.5 Å². The summed E-state index contributed by atoms with van der Waals surface area (Å²) in [5.74, 6) is 1.89. The summed E-state index contributed by atoms with van der Waals surface area (Å²) in [5.41, 5.74) is 8.48. The van der Waals surface area contributed by atoms with E-state index in [1.807, 2.05) is 11.3 Å². The molecule has 14 rings (SSSR count). The van der Waals surface area contributed by atoms with Crippen molar-refractivity contribution in [1.29, 1.82) is 0 Å². The van der Waals surface area contributed by atoms with Crippen molar-refractivity contribution in [1.82, 2.24) is 19.5 Å². The van der Waals surface area contributed by atoms with Crippen molar-refractivity contribution in [3.05, 3.63) is 206 Å². The highest BCUT2D eigenvalue weighted by Gasteiger charge is 2.24. The predicted octanol–water partition coefficient (Wildman–Crippen LogP) is 16.7. The average Bonchev–Trinajstić information content (AvgIpc) is 4.03. The molecule has 14 aromatic rings. The smallest absolute Gasteiger partial charge is 0.166 e. The Morgan fingerprint density at radius 3 is 1.46 bits per heavy atom. The number of fused-ring (bicyclic) bond motifs is 11. The third-order valence-corrected chi connectivity index (χ3v) is 15.3. The summed E-state index contributed by atoms with van der Waals surface area (Å²) in [7, 11) is 0. The van der Waals surface area contributed by atoms with Crippen LogP contribution >= 0.6 is 22.7 Å². The minimum Gasteiger partial charge on any atom is -0.307 e. The van der Waals surface area contributed by atoms with Crippen LogP contribution in [0.2, 0.25) is 0 Å². The van der Waals surface area contributed by atoms with Gasteiger partial charge in [-0.3, -0.25) is 0 Å². The van der Waals surface area contributed by atoms with Gasteiger partial charge in [0.1, 0.15) is 0 Å². The molecule has 0 N–H and O–H groups in total. The van der Waals surface area contributed by atoms with Crippen molar-refractivity contribution >= 4 is 106 Å². The summed E-state index contributed by atoms with van der Waals surface area (Å²) in [4.78, 5) is 16.3. The number of nitrogens with zero attached hydrogens (tertiary/aromatic N) is 4. The van der Waals surface area contributed by atoms with Gasteiger partial charge in [0, 0.05) is 63.1 Å². The number of thiophene rings is 2. The zero-order chi connectivity index (χ0) is 42.6. The lowest BCUT2D eigenvalue weighted by atomic mass is 10.0. The van der Waals surface area contributed by atoms with Crippen LogP contribution in [0, 0.1) is 0 Å². The van der Waals surface area contributed by atoms with E-state index in [4.69, 9.17) is 15.0 Å². The van der Waals surface area contributed by atoms with Crippen LogP contribution in [0.1, 0.15) is 0 Å². The highest BCUT2D eigenvalue weighted by atomic mass is 32.1. The Labute approximate surface area is 381 Å². The van der Waals surface area contributed by atoms with Crippen LogP contribution in [0.3, 0.4) is 0 Å². The molecule has 0 unspecified atom stereocenters. The highest BCUT2D eigenvalue weighted by Crippen LogP contribution is 2.46. The lowest BCUT2D eigenvalue weighted by molar-refractivity contribution is 1.07. The van der Waals surface area contributed by atoms with Crippen molar-refractivity contribution < 1.29 is 0 Å². The maximum absolute atomic E-state index is 5.49. The molecule has 0 amide bonds. The van der Waals surface area contributed by atoms with Crippen molar-refractivity contribution in [2.45, 2.75) is 0 Å². The van der Waals surface area contributed by atoms with Gasteiger partial charge < -0.3 is 4.57 Å². The van der Waals surface area contributed by atoms with Crippen LogP contribution in [0.5, 0.6) is 0 Å². The first kappa shape index (κ1) is 36.5. The number of rotatable bonds is 5. The Balaban J connectivity index is 1.08. The molecule has 0 aliphatic carbocycles. The molecule has 4 nitrogen and oxygen atoms in total. The maximum Gasteiger partial charge on any atom is 0.166 e. The quantitative estimate of drug-likeness (QED) is 0.173. The first-order chi connectivity index (χ1) is 32.2. The normalized spacial score (nSPS) is 12.0. The fourth-order valence-corrected chi connectivity index (χ4v) is 12.3. The van der Waals surface area contributed by atoms with Crippen LogP contribution < -0.4 is 0 Å². The van der Waals surface area contributed by atoms with Gasteiger partial charge in [0.2, 0.25) is 0 Å². The molecule has 0 saturated heterocycles. The zero-order valence-corrected chi connectivity index (χ0v) is 36.4. The maximum atomic E-state index is 5.49. The van der Waals surface area contributed by atoms with E-state index >= 15 is 0 Å². The van der Waals surface area contributed by atoms with Crippen molar-refractivity contribution in [3.63, 3.8) is 0 Å². The van der Waals surface area contributed by atoms with Crippen LogP contribution in [0.15, 0.2) is 206 Å². The molecule has 302 valence electrons. The van der Waals surface area contributed by atoms with Gasteiger partial charge in [0.05, 0.1) is 21.4 Å². The van der Waals surface area contributed by atoms with E-state index in [2.05, 4.69) is 211 Å². The lowest BCUT2D eigenvalue weighted by Gasteiger charge is -2.16. The molecule has 0 radical (unpaired) electrons. The minimum atomic E-state index is 0.625. The second-order valence-corrected chi connectivity index (χ2v) is 18.9. The van der Waals surface area contributed by atoms with Gasteiger partial charge >= 0.3 is 0 Å². The Hall–Kier alpha value is -8.03. The summed E-state index contributed by atoms with van der Waals surface area (Å²) in [5, 5.41) is 12.2. The van der Waals surface area contributed by atoms with Gasteiger partial charge in [-0.1, -0.05) is 158 Å². The molecule has 0 atom stereocenters. The first-order valence-corrected chi connectivity index (χ1v) is 23.5. The van der Waals surface area contributed by atoms with Gasteiger partial charge in [0.25, 0.3) is 0 Å². The second kappa shape index (κ2) is 14.2. The predicted molar refractivity (Wildman–Crippen MR) is 277 cm³/mol. The molecular weight excluding hydrogens is 829 g/mol. The molecule has 65 heavy (non-hydrogen) atoms. The molecule has 0 saturated carbocycles. The van der Waals surface area contributed by atoms with Crippen molar-refractivity contribution in [2.75, 3.05) is 0 Å². The second-order valence-electron chi connectivity index (χ2n) is 16.8. The van der Waals surface area contributed by atoms with Gasteiger partial charge in [-0.2, -0.15) is 0 Å². The molecule has 0 spiro atoms. The van der Waals surface area contributed by atoms with E-state index in [-0.39, 0.29) is 0 Å². The van der Waals surface area contributed by atoms with Gasteiger partial charge in [-0.25, -0.2) is 15.0 Å². The summed E-state index contributed by atoms with van der Waals surface area (Å²) in [6.45, 7) is 0. The van der Waals surface area contributed by atoms with Crippen LogP contribution in [0.25, 0.3) is 135 Å². The Kier molecular flexibility index (Phi) is 7.99. The van der Waals surface area contributed by atoms with Crippen molar-refractivity contribution in [3.8, 4) is 51.0 Å². The molecule has 4 aromatic heterocycles. The van der Waals surface area contributed by atoms with E-state index < -0.39 is 0 Å². The topological polar surface area (TPSA) is 43.6 Å². The lowest BCUT2D eigenvalue weighted by Crippen LogP contribution is -2.04. The number of hydrogen-bond donors (Lipinski definition) is 0. The summed E-state index contributed by atoms with van der Waals surface area (Å²) < 4.78 is 7.40. The molecule has 6 heteroatoms. The Morgan fingerprint density at radius 1 is 0.308 bits per heavy atom. The summed E-state index contributed by atoms with van der Waals surface area (Å²) >= 11 is 3.64. The summed E-state index contributed by atoms with van der Waals surface area (Å²) in [6, 6.07) is 74.5. The zero-order valence-electron chi connectivity index (χ0n) is 34.7.